The summed E-state index contributed by atoms with van der Waals surface area (Å²) in [4.78, 5) is 11.6. The Labute approximate surface area is 136 Å². The van der Waals surface area contributed by atoms with Crippen molar-refractivity contribution < 1.29 is 9.18 Å². The summed E-state index contributed by atoms with van der Waals surface area (Å²) in [5, 5.41) is 3.34. The second kappa shape index (κ2) is 7.57. The zero-order valence-corrected chi connectivity index (χ0v) is 13.5. The maximum atomic E-state index is 13.5. The van der Waals surface area contributed by atoms with Crippen LogP contribution in [0, 0.1) is 5.82 Å². The number of hydrogen-bond acceptors (Lipinski definition) is 1. The summed E-state index contributed by atoms with van der Waals surface area (Å²) in [6, 6.07) is 13.7. The molecule has 2 nitrogen and oxygen atoms in total. The smallest absolute Gasteiger partial charge is 0.234 e. The average molecular weight is 371 g/mol. The Hall–Kier alpha value is -1.39. The van der Waals surface area contributed by atoms with E-state index in [2.05, 4.69) is 21.2 Å². The average Bonchev–Trinajstić information content (AvgIpc) is 2.48. The summed E-state index contributed by atoms with van der Waals surface area (Å²) in [7, 11) is 0. The number of alkyl halides is 1. The van der Waals surface area contributed by atoms with Gasteiger partial charge >= 0.3 is 0 Å². The van der Waals surface area contributed by atoms with Crippen LogP contribution in [0.2, 0.25) is 5.02 Å². The summed E-state index contributed by atoms with van der Waals surface area (Å²) >= 11 is 9.41. The number of amides is 1. The van der Waals surface area contributed by atoms with Gasteiger partial charge in [0.15, 0.2) is 0 Å². The number of carbonyl (C=O) groups is 1. The van der Waals surface area contributed by atoms with Gasteiger partial charge in [-0.05, 0) is 24.1 Å². The molecule has 110 valence electrons. The van der Waals surface area contributed by atoms with Crippen molar-refractivity contribution in [3.8, 4) is 0 Å². The van der Waals surface area contributed by atoms with Gasteiger partial charge in [-0.1, -0.05) is 63.9 Å². The fourth-order valence-electron chi connectivity index (χ4n) is 1.88. The van der Waals surface area contributed by atoms with Crippen LogP contribution in [0.1, 0.15) is 11.1 Å². The molecule has 0 aliphatic heterocycles. The van der Waals surface area contributed by atoms with Gasteiger partial charge in [0.05, 0.1) is 4.83 Å². The molecule has 2 aromatic carbocycles. The molecule has 0 bridgehead atoms. The van der Waals surface area contributed by atoms with Crippen molar-refractivity contribution in [2.75, 3.05) is 0 Å². The topological polar surface area (TPSA) is 29.1 Å². The fraction of sp³-hybridized carbons (Fsp3) is 0.188. The quantitative estimate of drug-likeness (QED) is 0.789. The Kier molecular flexibility index (Phi) is 5.76. The van der Waals surface area contributed by atoms with Crippen molar-refractivity contribution in [1.82, 2.24) is 5.32 Å². The molecule has 0 aliphatic rings. The van der Waals surface area contributed by atoms with Crippen molar-refractivity contribution in [3.63, 3.8) is 0 Å². The van der Waals surface area contributed by atoms with E-state index >= 15 is 0 Å². The van der Waals surface area contributed by atoms with Gasteiger partial charge < -0.3 is 5.32 Å². The Morgan fingerprint density at radius 2 is 1.76 bits per heavy atom. The summed E-state index contributed by atoms with van der Waals surface area (Å²) in [5.74, 6) is -0.520. The van der Waals surface area contributed by atoms with Gasteiger partial charge in [-0.25, -0.2) is 4.39 Å². The van der Waals surface area contributed by atoms with Crippen LogP contribution in [0.5, 0.6) is 0 Å². The molecule has 0 aliphatic carbocycles. The standard InChI is InChI=1S/C16H14BrClFNO/c17-13(9-11-5-1-3-7-14(11)18)16(21)20-10-12-6-2-4-8-15(12)19/h1-8,13H,9-10H2,(H,20,21). The van der Waals surface area contributed by atoms with E-state index in [0.29, 0.717) is 17.0 Å². The molecular weight excluding hydrogens is 357 g/mol. The van der Waals surface area contributed by atoms with Crippen molar-refractivity contribution >= 4 is 33.4 Å². The molecule has 0 radical (unpaired) electrons. The van der Waals surface area contributed by atoms with Crippen LogP contribution in [0.25, 0.3) is 0 Å². The lowest BCUT2D eigenvalue weighted by Crippen LogP contribution is -2.32. The normalized spacial score (nSPS) is 12.0. The molecule has 0 fully saturated rings. The second-order valence-electron chi connectivity index (χ2n) is 4.57. The van der Waals surface area contributed by atoms with Gasteiger partial charge in [-0.2, -0.15) is 0 Å². The monoisotopic (exact) mass is 369 g/mol. The molecule has 1 atom stereocenters. The zero-order valence-electron chi connectivity index (χ0n) is 11.2. The van der Waals surface area contributed by atoms with Crippen LogP contribution in [-0.2, 0) is 17.8 Å². The number of rotatable bonds is 5. The lowest BCUT2D eigenvalue weighted by atomic mass is 10.1. The number of nitrogens with one attached hydrogen (secondary N) is 1. The van der Waals surface area contributed by atoms with E-state index in [1.165, 1.54) is 6.07 Å². The third kappa shape index (κ3) is 4.55. The van der Waals surface area contributed by atoms with E-state index < -0.39 is 4.83 Å². The molecule has 21 heavy (non-hydrogen) atoms. The zero-order chi connectivity index (χ0) is 15.2. The number of benzene rings is 2. The van der Waals surface area contributed by atoms with E-state index in [4.69, 9.17) is 11.6 Å². The van der Waals surface area contributed by atoms with Gasteiger partial charge in [0.2, 0.25) is 5.91 Å². The molecule has 5 heteroatoms. The third-order valence-electron chi connectivity index (χ3n) is 3.05. The fourth-order valence-corrected chi connectivity index (χ4v) is 2.61. The van der Waals surface area contributed by atoms with Gasteiger partial charge in [-0.3, -0.25) is 4.79 Å². The summed E-state index contributed by atoms with van der Waals surface area (Å²) in [6.07, 6.45) is 0.475. The highest BCUT2D eigenvalue weighted by Crippen LogP contribution is 2.19. The maximum Gasteiger partial charge on any atom is 0.234 e. The van der Waals surface area contributed by atoms with Crippen molar-refractivity contribution in [2.45, 2.75) is 17.8 Å². The Morgan fingerprint density at radius 3 is 2.43 bits per heavy atom. The van der Waals surface area contributed by atoms with Crippen molar-refractivity contribution in [3.05, 3.63) is 70.5 Å². The predicted octanol–water partition coefficient (Wildman–Crippen LogP) is 4.10. The highest BCUT2D eigenvalue weighted by Gasteiger charge is 2.16. The van der Waals surface area contributed by atoms with Crippen LogP contribution in [0.15, 0.2) is 48.5 Å². The lowest BCUT2D eigenvalue weighted by molar-refractivity contribution is -0.120. The van der Waals surface area contributed by atoms with Crippen LogP contribution >= 0.6 is 27.5 Å². The molecule has 0 spiro atoms. The molecule has 1 N–H and O–H groups in total. The molecule has 0 saturated carbocycles. The van der Waals surface area contributed by atoms with E-state index in [1.807, 2.05) is 18.2 Å². The highest BCUT2D eigenvalue weighted by molar-refractivity contribution is 9.10. The first-order valence-corrected chi connectivity index (χ1v) is 7.76. The number of hydrogen-bond donors (Lipinski definition) is 1. The van der Waals surface area contributed by atoms with Crippen molar-refractivity contribution in [1.29, 1.82) is 0 Å². The number of halogens is 3. The summed E-state index contributed by atoms with van der Waals surface area (Å²) in [5.41, 5.74) is 1.35. The van der Waals surface area contributed by atoms with Crippen LogP contribution < -0.4 is 5.32 Å². The minimum absolute atomic E-state index is 0.163. The minimum Gasteiger partial charge on any atom is -0.351 e. The first-order chi connectivity index (χ1) is 10.1. The lowest BCUT2D eigenvalue weighted by Gasteiger charge is -2.12. The van der Waals surface area contributed by atoms with Crippen LogP contribution in [0.4, 0.5) is 4.39 Å². The molecule has 0 heterocycles. The first kappa shape index (κ1) is 16.0. The van der Waals surface area contributed by atoms with Crippen LogP contribution in [-0.4, -0.2) is 10.7 Å². The van der Waals surface area contributed by atoms with Gasteiger partial charge in [0.25, 0.3) is 0 Å². The summed E-state index contributed by atoms with van der Waals surface area (Å²) in [6.45, 7) is 0.163. The Morgan fingerprint density at radius 1 is 1.14 bits per heavy atom. The van der Waals surface area contributed by atoms with E-state index in [9.17, 15) is 9.18 Å². The molecule has 1 amide bonds. The first-order valence-electron chi connectivity index (χ1n) is 6.46. The van der Waals surface area contributed by atoms with Gasteiger partial charge in [0.1, 0.15) is 5.82 Å². The molecule has 2 aromatic rings. The molecular formula is C16H14BrClFNO. The molecule has 2 rings (SSSR count). The molecule has 0 aromatic heterocycles. The third-order valence-corrected chi connectivity index (χ3v) is 4.16. The second-order valence-corrected chi connectivity index (χ2v) is 6.08. The SMILES string of the molecule is O=C(NCc1ccccc1F)C(Br)Cc1ccccc1Cl. The van der Waals surface area contributed by atoms with Gasteiger partial charge in [-0.15, -0.1) is 0 Å². The van der Waals surface area contributed by atoms with Crippen LogP contribution in [0.3, 0.4) is 0 Å². The maximum absolute atomic E-state index is 13.5. The van der Waals surface area contributed by atoms with E-state index in [1.54, 1.807) is 24.3 Å². The van der Waals surface area contributed by atoms with Gasteiger partial charge in [0, 0.05) is 17.1 Å². The number of carbonyl (C=O) groups excluding carboxylic acids is 1. The summed E-state index contributed by atoms with van der Waals surface area (Å²) < 4.78 is 13.5. The predicted molar refractivity (Wildman–Crippen MR) is 86.1 cm³/mol. The minimum atomic E-state index is -0.413. The highest BCUT2D eigenvalue weighted by atomic mass is 79.9. The molecule has 0 saturated heterocycles. The molecule has 1 unspecified atom stereocenters. The Bertz CT molecular complexity index is 635. The van der Waals surface area contributed by atoms with Crippen molar-refractivity contribution in [2.24, 2.45) is 0 Å². The van der Waals surface area contributed by atoms with E-state index in [-0.39, 0.29) is 18.3 Å². The Balaban J connectivity index is 1.91. The van der Waals surface area contributed by atoms with E-state index in [0.717, 1.165) is 5.56 Å². The largest absolute Gasteiger partial charge is 0.351 e.